The van der Waals surface area contributed by atoms with Crippen LogP contribution in [0.1, 0.15) is 55.9 Å². The zero-order valence-corrected chi connectivity index (χ0v) is 20.4. The topological polar surface area (TPSA) is 88.2 Å². The lowest BCUT2D eigenvalue weighted by atomic mass is 9.83. The molecule has 4 aromatic carbocycles. The van der Waals surface area contributed by atoms with Gasteiger partial charge >= 0.3 is 0 Å². The number of rotatable bonds is 5. The van der Waals surface area contributed by atoms with Gasteiger partial charge in [0.05, 0.1) is 5.56 Å². The van der Waals surface area contributed by atoms with Crippen LogP contribution in [0.3, 0.4) is 0 Å². The zero-order chi connectivity index (χ0) is 27.0. The quantitative estimate of drug-likeness (QED) is 0.294. The van der Waals surface area contributed by atoms with Gasteiger partial charge in [0.1, 0.15) is 29.7 Å². The first kappa shape index (κ1) is 25.4. The molecule has 1 amide bonds. The smallest absolute Gasteiger partial charge is 0.251 e. The van der Waals surface area contributed by atoms with Crippen LogP contribution in [-0.4, -0.2) is 19.2 Å². The number of halogens is 3. The first-order valence-electron chi connectivity index (χ1n) is 12.0. The number of fused-ring (bicyclic) bond motifs is 8. The maximum atomic E-state index is 14.3. The predicted octanol–water partition coefficient (Wildman–Crippen LogP) is 5.80. The second kappa shape index (κ2) is 10.2. The van der Waals surface area contributed by atoms with Gasteiger partial charge in [-0.05, 0) is 76.8 Å². The van der Waals surface area contributed by atoms with Gasteiger partial charge in [0.2, 0.25) is 0 Å². The fourth-order valence-electron chi connectivity index (χ4n) is 5.01. The summed E-state index contributed by atoms with van der Waals surface area (Å²) in [7, 11) is 1.50. The van der Waals surface area contributed by atoms with Crippen molar-refractivity contribution in [3.05, 3.63) is 129 Å². The molecule has 2 atom stereocenters. The number of hydrogen-bond acceptors (Lipinski definition) is 4. The SMILES string of the molecule is CN.N=Cc1c(F)cc(CNC(=O)c2ccc3c(c2)[C@@H]2O[C@H]3c3ccc(-c4ccccc4F)cc32)cc1F. The van der Waals surface area contributed by atoms with E-state index in [4.69, 9.17) is 10.1 Å². The highest BCUT2D eigenvalue weighted by Gasteiger charge is 2.43. The Kier molecular flexibility index (Phi) is 6.84. The molecule has 4 N–H and O–H groups in total. The molecule has 0 radical (unpaired) electrons. The molecule has 0 aliphatic carbocycles. The van der Waals surface area contributed by atoms with Gasteiger partial charge in [-0.15, -0.1) is 0 Å². The van der Waals surface area contributed by atoms with Crippen LogP contribution in [0.4, 0.5) is 13.2 Å². The Bertz CT molecular complexity index is 1550. The van der Waals surface area contributed by atoms with E-state index in [9.17, 15) is 18.0 Å². The van der Waals surface area contributed by atoms with E-state index in [1.54, 1.807) is 30.3 Å². The van der Waals surface area contributed by atoms with E-state index in [-0.39, 0.29) is 30.1 Å². The molecular weight excluding hydrogens is 491 g/mol. The van der Waals surface area contributed by atoms with Crippen molar-refractivity contribution in [2.24, 2.45) is 5.73 Å². The highest BCUT2D eigenvalue weighted by Crippen LogP contribution is 2.54. The first-order valence-corrected chi connectivity index (χ1v) is 12.0. The van der Waals surface area contributed by atoms with Gasteiger partial charge in [0.25, 0.3) is 5.91 Å². The van der Waals surface area contributed by atoms with Crippen molar-refractivity contribution in [1.82, 2.24) is 5.32 Å². The van der Waals surface area contributed by atoms with Crippen molar-refractivity contribution in [1.29, 1.82) is 5.41 Å². The van der Waals surface area contributed by atoms with Crippen molar-refractivity contribution < 1.29 is 22.7 Å². The Morgan fingerprint density at radius 3 is 2.18 bits per heavy atom. The molecule has 2 aliphatic rings. The zero-order valence-electron chi connectivity index (χ0n) is 20.4. The van der Waals surface area contributed by atoms with Crippen LogP contribution in [0.2, 0.25) is 0 Å². The van der Waals surface area contributed by atoms with Gasteiger partial charge in [-0.1, -0.05) is 36.4 Å². The summed E-state index contributed by atoms with van der Waals surface area (Å²) in [5.74, 6) is -2.40. The Balaban J connectivity index is 0.00000144. The molecule has 2 aliphatic heterocycles. The average Bonchev–Trinajstić information content (AvgIpc) is 3.50. The second-order valence-corrected chi connectivity index (χ2v) is 8.86. The number of hydrogen-bond donors (Lipinski definition) is 3. The highest BCUT2D eigenvalue weighted by atomic mass is 19.1. The number of amides is 1. The van der Waals surface area contributed by atoms with Crippen molar-refractivity contribution in [3.63, 3.8) is 0 Å². The third-order valence-electron chi connectivity index (χ3n) is 6.76. The standard InChI is InChI=1S/C29H19F3N2O2.CH5N/c30-24-4-2-1-3-18(24)16-5-7-19-21(11-16)28-22-12-17(6-8-20(22)27(19)36-28)29(35)34-14-15-9-25(31)23(13-33)26(32)10-15;1-2/h1-13,27-28,33H,14H2,(H,34,35);2H2,1H3/t27-,28+;/m0./s1. The van der Waals surface area contributed by atoms with Gasteiger partial charge in [0.15, 0.2) is 0 Å². The maximum absolute atomic E-state index is 14.3. The number of nitrogens with one attached hydrogen (secondary N) is 2. The Hall–Kier alpha value is -4.27. The van der Waals surface area contributed by atoms with Crippen LogP contribution in [-0.2, 0) is 11.3 Å². The summed E-state index contributed by atoms with van der Waals surface area (Å²) in [6.45, 7) is -0.0700. The largest absolute Gasteiger partial charge is 0.356 e. The number of benzene rings is 4. The molecule has 38 heavy (non-hydrogen) atoms. The van der Waals surface area contributed by atoms with Gasteiger partial charge < -0.3 is 21.2 Å². The number of carbonyl (C=O) groups is 1. The summed E-state index contributed by atoms with van der Waals surface area (Å²) in [5, 5.41) is 9.77. The summed E-state index contributed by atoms with van der Waals surface area (Å²) < 4.78 is 48.4. The Morgan fingerprint density at radius 1 is 0.868 bits per heavy atom. The summed E-state index contributed by atoms with van der Waals surface area (Å²) in [6.07, 6.45) is 0.00608. The van der Waals surface area contributed by atoms with E-state index in [2.05, 4.69) is 11.1 Å². The minimum Gasteiger partial charge on any atom is -0.356 e. The van der Waals surface area contributed by atoms with E-state index in [0.29, 0.717) is 17.3 Å². The van der Waals surface area contributed by atoms with Gasteiger partial charge in [-0.25, -0.2) is 13.2 Å². The lowest BCUT2D eigenvalue weighted by molar-refractivity contribution is 0.0857. The fraction of sp³-hybridized carbons (Fsp3) is 0.133. The lowest BCUT2D eigenvalue weighted by Gasteiger charge is -2.18. The van der Waals surface area contributed by atoms with Crippen molar-refractivity contribution in [2.75, 3.05) is 7.05 Å². The number of ether oxygens (including phenoxy) is 1. The van der Waals surface area contributed by atoms with E-state index in [0.717, 1.165) is 39.9 Å². The van der Waals surface area contributed by atoms with Crippen LogP contribution in [0, 0.1) is 22.9 Å². The summed E-state index contributed by atoms with van der Waals surface area (Å²) in [5.41, 5.74) is 9.83. The molecule has 0 saturated heterocycles. The van der Waals surface area contributed by atoms with E-state index < -0.39 is 23.1 Å². The van der Waals surface area contributed by atoms with E-state index in [1.807, 2.05) is 24.3 Å². The lowest BCUT2D eigenvalue weighted by Crippen LogP contribution is -2.23. The van der Waals surface area contributed by atoms with Crippen LogP contribution < -0.4 is 11.1 Å². The summed E-state index contributed by atoms with van der Waals surface area (Å²) >= 11 is 0. The van der Waals surface area contributed by atoms with Crippen molar-refractivity contribution in [3.8, 4) is 11.1 Å². The van der Waals surface area contributed by atoms with Gasteiger partial charge in [-0.3, -0.25) is 4.79 Å². The number of carbonyl (C=O) groups excluding carboxylic acids is 1. The molecule has 2 bridgehead atoms. The predicted molar refractivity (Wildman–Crippen MR) is 139 cm³/mol. The van der Waals surface area contributed by atoms with Crippen LogP contribution in [0.5, 0.6) is 0 Å². The third kappa shape index (κ3) is 4.27. The fourth-order valence-corrected chi connectivity index (χ4v) is 5.01. The molecular formula is C30H24F3N3O2. The minimum absolute atomic E-state index is 0.0700. The maximum Gasteiger partial charge on any atom is 0.251 e. The van der Waals surface area contributed by atoms with Crippen LogP contribution in [0.15, 0.2) is 72.8 Å². The Morgan fingerprint density at radius 2 is 1.50 bits per heavy atom. The normalized spacial score (nSPS) is 16.2. The summed E-state index contributed by atoms with van der Waals surface area (Å²) in [4.78, 5) is 12.8. The molecule has 5 nitrogen and oxygen atoms in total. The molecule has 8 heteroatoms. The molecule has 0 aromatic heterocycles. The molecule has 0 spiro atoms. The molecule has 0 unspecified atom stereocenters. The third-order valence-corrected chi connectivity index (χ3v) is 6.76. The van der Waals surface area contributed by atoms with Crippen LogP contribution >= 0.6 is 0 Å². The van der Waals surface area contributed by atoms with Crippen molar-refractivity contribution in [2.45, 2.75) is 18.8 Å². The van der Waals surface area contributed by atoms with Gasteiger partial charge in [0, 0.05) is 23.9 Å². The molecule has 4 aromatic rings. The van der Waals surface area contributed by atoms with Gasteiger partial charge in [-0.2, -0.15) is 0 Å². The molecule has 0 fully saturated rings. The summed E-state index contributed by atoms with van der Waals surface area (Å²) in [6, 6.07) is 19.9. The van der Waals surface area contributed by atoms with E-state index in [1.165, 1.54) is 13.1 Å². The second-order valence-electron chi connectivity index (χ2n) is 8.86. The molecule has 0 saturated carbocycles. The number of nitrogens with two attached hydrogens (primary N) is 1. The molecule has 6 rings (SSSR count). The molecule has 192 valence electrons. The average molecular weight is 516 g/mol. The van der Waals surface area contributed by atoms with Crippen molar-refractivity contribution >= 4 is 12.1 Å². The van der Waals surface area contributed by atoms with Crippen LogP contribution in [0.25, 0.3) is 11.1 Å². The monoisotopic (exact) mass is 515 g/mol. The minimum atomic E-state index is -0.853. The van der Waals surface area contributed by atoms with E-state index >= 15 is 0 Å². The molecule has 2 heterocycles. The highest BCUT2D eigenvalue weighted by molar-refractivity contribution is 5.94. The Labute approximate surface area is 217 Å². The first-order chi connectivity index (χ1) is 18.4.